The standard InChI is InChI=1S/C27H45NO/c1-18(2)7-6-8-19(3)22-11-12-23-21-10-9-20-17-25(29)28-16-15-26(20,4)24(21)13-14-27(22,23)5/h17-19,21-24H,6-16H2,1-5H3,(H,28,29). The van der Waals surface area contributed by atoms with E-state index in [0.29, 0.717) is 5.41 Å². The van der Waals surface area contributed by atoms with Crippen molar-refractivity contribution in [3.05, 3.63) is 11.6 Å². The van der Waals surface area contributed by atoms with Crippen LogP contribution in [0.5, 0.6) is 0 Å². The Kier molecular flexibility index (Phi) is 5.95. The van der Waals surface area contributed by atoms with Crippen LogP contribution < -0.4 is 5.32 Å². The van der Waals surface area contributed by atoms with Crippen LogP contribution in [0, 0.1) is 46.3 Å². The zero-order valence-electron chi connectivity index (χ0n) is 19.7. The lowest BCUT2D eigenvalue weighted by Gasteiger charge is -2.57. The van der Waals surface area contributed by atoms with Gasteiger partial charge in [0, 0.05) is 12.6 Å². The number of hydrogen-bond donors (Lipinski definition) is 1. The molecule has 1 aliphatic heterocycles. The first-order valence-electron chi connectivity index (χ1n) is 12.7. The highest BCUT2D eigenvalue weighted by molar-refractivity contribution is 5.88. The van der Waals surface area contributed by atoms with Crippen molar-refractivity contribution in [3.8, 4) is 0 Å². The number of amides is 1. The molecule has 0 radical (unpaired) electrons. The fourth-order valence-electron chi connectivity index (χ4n) is 8.59. The van der Waals surface area contributed by atoms with Gasteiger partial charge in [0.1, 0.15) is 0 Å². The van der Waals surface area contributed by atoms with Crippen LogP contribution in [-0.2, 0) is 4.79 Å². The van der Waals surface area contributed by atoms with Crippen molar-refractivity contribution in [1.82, 2.24) is 5.32 Å². The monoisotopic (exact) mass is 399 g/mol. The Bertz CT molecular complexity index is 651. The van der Waals surface area contributed by atoms with E-state index in [4.69, 9.17) is 0 Å². The predicted octanol–water partition coefficient (Wildman–Crippen LogP) is 6.75. The topological polar surface area (TPSA) is 29.1 Å². The maximum absolute atomic E-state index is 12.1. The molecule has 0 saturated heterocycles. The molecule has 3 saturated carbocycles. The summed E-state index contributed by atoms with van der Waals surface area (Å²) in [5.74, 6) is 5.41. The third-order valence-corrected chi connectivity index (χ3v) is 10.2. The average Bonchev–Trinajstić information content (AvgIpc) is 2.92. The molecule has 3 aliphatic carbocycles. The minimum Gasteiger partial charge on any atom is -0.353 e. The highest BCUT2D eigenvalue weighted by Crippen LogP contribution is 2.67. The summed E-state index contributed by atoms with van der Waals surface area (Å²) in [6, 6.07) is 0. The predicted molar refractivity (Wildman–Crippen MR) is 121 cm³/mol. The van der Waals surface area contributed by atoms with Gasteiger partial charge in [0.2, 0.25) is 5.91 Å². The van der Waals surface area contributed by atoms with Gasteiger partial charge in [-0.25, -0.2) is 0 Å². The summed E-state index contributed by atoms with van der Waals surface area (Å²) in [5, 5.41) is 3.11. The van der Waals surface area contributed by atoms with Gasteiger partial charge in [-0.05, 0) is 91.3 Å². The molecule has 2 nitrogen and oxygen atoms in total. The molecule has 0 aromatic carbocycles. The van der Waals surface area contributed by atoms with E-state index in [-0.39, 0.29) is 11.3 Å². The number of nitrogens with one attached hydrogen (secondary N) is 1. The molecule has 3 fully saturated rings. The van der Waals surface area contributed by atoms with Crippen molar-refractivity contribution in [3.63, 3.8) is 0 Å². The fraction of sp³-hybridized carbons (Fsp3) is 0.889. The van der Waals surface area contributed by atoms with Crippen LogP contribution in [-0.4, -0.2) is 12.5 Å². The summed E-state index contributed by atoms with van der Waals surface area (Å²) >= 11 is 0. The number of fused-ring (bicyclic) bond motifs is 5. The van der Waals surface area contributed by atoms with E-state index in [1.807, 2.05) is 6.08 Å². The van der Waals surface area contributed by atoms with Crippen molar-refractivity contribution >= 4 is 5.91 Å². The number of hydrogen-bond acceptors (Lipinski definition) is 1. The second-order valence-corrected chi connectivity index (χ2v) is 12.1. The van der Waals surface area contributed by atoms with Gasteiger partial charge in [0.25, 0.3) is 0 Å². The normalized spacial score (nSPS) is 43.0. The molecule has 0 bridgehead atoms. The van der Waals surface area contributed by atoms with E-state index in [0.717, 1.165) is 54.9 Å². The molecule has 0 aromatic heterocycles. The van der Waals surface area contributed by atoms with Gasteiger partial charge in [-0.1, -0.05) is 59.5 Å². The fourth-order valence-corrected chi connectivity index (χ4v) is 8.59. The molecule has 1 amide bonds. The molecular formula is C27H45NO. The number of carbonyl (C=O) groups excluding carboxylic acids is 1. The Hall–Kier alpha value is -0.790. The summed E-state index contributed by atoms with van der Waals surface area (Å²) in [6.07, 6.45) is 15.6. The second-order valence-electron chi connectivity index (χ2n) is 12.1. The Morgan fingerprint density at radius 1 is 1.03 bits per heavy atom. The van der Waals surface area contributed by atoms with E-state index in [1.165, 1.54) is 56.9 Å². The molecule has 0 spiro atoms. The zero-order valence-corrected chi connectivity index (χ0v) is 19.7. The van der Waals surface area contributed by atoms with Gasteiger partial charge in [-0.3, -0.25) is 4.79 Å². The van der Waals surface area contributed by atoms with Gasteiger partial charge in [-0.15, -0.1) is 0 Å². The molecule has 164 valence electrons. The van der Waals surface area contributed by atoms with Crippen molar-refractivity contribution in [2.24, 2.45) is 46.3 Å². The molecule has 1 heterocycles. The zero-order chi connectivity index (χ0) is 20.8. The third kappa shape index (κ3) is 3.72. The van der Waals surface area contributed by atoms with Gasteiger partial charge in [0.15, 0.2) is 0 Å². The Balaban J connectivity index is 1.50. The molecular weight excluding hydrogens is 354 g/mol. The largest absolute Gasteiger partial charge is 0.353 e. The van der Waals surface area contributed by atoms with Crippen LogP contribution in [0.25, 0.3) is 0 Å². The Morgan fingerprint density at radius 3 is 2.59 bits per heavy atom. The molecule has 7 unspecified atom stereocenters. The smallest absolute Gasteiger partial charge is 0.243 e. The number of allylic oxidation sites excluding steroid dienone is 1. The second kappa shape index (κ2) is 8.04. The summed E-state index contributed by atoms with van der Waals surface area (Å²) in [5.41, 5.74) is 2.29. The van der Waals surface area contributed by atoms with E-state index >= 15 is 0 Å². The summed E-state index contributed by atoms with van der Waals surface area (Å²) in [6.45, 7) is 13.3. The lowest BCUT2D eigenvalue weighted by Crippen LogP contribution is -2.50. The number of rotatable bonds is 5. The molecule has 0 aromatic rings. The highest BCUT2D eigenvalue weighted by Gasteiger charge is 2.59. The van der Waals surface area contributed by atoms with Crippen molar-refractivity contribution in [2.75, 3.05) is 6.54 Å². The maximum atomic E-state index is 12.1. The van der Waals surface area contributed by atoms with Crippen molar-refractivity contribution in [2.45, 2.75) is 98.8 Å². The summed E-state index contributed by atoms with van der Waals surface area (Å²) in [7, 11) is 0. The van der Waals surface area contributed by atoms with Gasteiger partial charge in [-0.2, -0.15) is 0 Å². The first-order valence-corrected chi connectivity index (χ1v) is 12.7. The van der Waals surface area contributed by atoms with Crippen LogP contribution >= 0.6 is 0 Å². The summed E-state index contributed by atoms with van der Waals surface area (Å²) < 4.78 is 0. The average molecular weight is 400 g/mol. The molecule has 1 N–H and O–H groups in total. The lowest BCUT2D eigenvalue weighted by atomic mass is 9.47. The minimum absolute atomic E-state index is 0.152. The van der Waals surface area contributed by atoms with E-state index < -0.39 is 0 Å². The molecule has 29 heavy (non-hydrogen) atoms. The maximum Gasteiger partial charge on any atom is 0.243 e. The quantitative estimate of drug-likeness (QED) is 0.544. The first kappa shape index (κ1) is 21.4. The van der Waals surface area contributed by atoms with Crippen LogP contribution in [0.15, 0.2) is 11.6 Å². The van der Waals surface area contributed by atoms with Crippen LogP contribution in [0.2, 0.25) is 0 Å². The van der Waals surface area contributed by atoms with Gasteiger partial charge < -0.3 is 5.32 Å². The molecule has 2 heteroatoms. The molecule has 4 aliphatic rings. The van der Waals surface area contributed by atoms with Crippen molar-refractivity contribution < 1.29 is 4.79 Å². The van der Waals surface area contributed by atoms with E-state index in [9.17, 15) is 4.79 Å². The van der Waals surface area contributed by atoms with Gasteiger partial charge in [0.05, 0.1) is 0 Å². The van der Waals surface area contributed by atoms with Crippen LogP contribution in [0.3, 0.4) is 0 Å². The Labute approximate surface area is 179 Å². The molecule has 7 atom stereocenters. The van der Waals surface area contributed by atoms with Crippen LogP contribution in [0.4, 0.5) is 0 Å². The van der Waals surface area contributed by atoms with Crippen molar-refractivity contribution in [1.29, 1.82) is 0 Å². The van der Waals surface area contributed by atoms with E-state index in [1.54, 1.807) is 0 Å². The SMILES string of the molecule is CC(C)CCCC(C)C1CCC2C3CCC4=CC(=O)NCCC4(C)C3CCC12C. The van der Waals surface area contributed by atoms with E-state index in [2.05, 4.69) is 39.9 Å². The minimum atomic E-state index is 0.152. The molecule has 4 rings (SSSR count). The summed E-state index contributed by atoms with van der Waals surface area (Å²) in [4.78, 5) is 12.1. The highest BCUT2D eigenvalue weighted by atomic mass is 16.1. The third-order valence-electron chi connectivity index (χ3n) is 10.2. The Morgan fingerprint density at radius 2 is 1.83 bits per heavy atom. The number of carbonyl (C=O) groups is 1. The van der Waals surface area contributed by atoms with Crippen LogP contribution in [0.1, 0.15) is 98.8 Å². The lowest BCUT2D eigenvalue weighted by molar-refractivity contribution is -0.116. The first-order chi connectivity index (χ1) is 13.8. The van der Waals surface area contributed by atoms with Gasteiger partial charge >= 0.3 is 0 Å².